The summed E-state index contributed by atoms with van der Waals surface area (Å²) in [6.07, 6.45) is 0. The number of aromatic nitrogens is 5. The summed E-state index contributed by atoms with van der Waals surface area (Å²) in [7, 11) is 0. The smallest absolute Gasteiger partial charge is 0.257 e. The average molecular weight is 388 g/mol. The molecule has 130 valence electrons. The molecule has 4 rings (SSSR count). The van der Waals surface area contributed by atoms with Gasteiger partial charge >= 0.3 is 0 Å². The number of hydrogen-bond donors (Lipinski definition) is 1. The fraction of sp³-hybridized carbons (Fsp3) is 0.0588. The van der Waals surface area contributed by atoms with Gasteiger partial charge in [0.25, 0.3) is 5.89 Å². The lowest BCUT2D eigenvalue weighted by Gasteiger charge is -1.95. The number of aromatic amines is 1. The molecule has 0 spiro atoms. The highest BCUT2D eigenvalue weighted by Gasteiger charge is 2.11. The first kappa shape index (κ1) is 16.7. The topological polar surface area (TPSA) is 80.5 Å². The molecule has 0 aliphatic heterocycles. The van der Waals surface area contributed by atoms with E-state index in [1.807, 2.05) is 12.1 Å². The molecule has 0 saturated carbocycles. The molecule has 0 amide bonds. The Morgan fingerprint density at radius 1 is 1.00 bits per heavy atom. The van der Waals surface area contributed by atoms with Crippen LogP contribution in [0.4, 0.5) is 4.39 Å². The average Bonchev–Trinajstić information content (AvgIpc) is 3.31. The Hall–Kier alpha value is -2.71. The molecule has 0 radical (unpaired) electrons. The number of hydrogen-bond acceptors (Lipinski definition) is 6. The van der Waals surface area contributed by atoms with Gasteiger partial charge in [-0.1, -0.05) is 28.5 Å². The zero-order valence-corrected chi connectivity index (χ0v) is 14.8. The molecule has 0 aliphatic carbocycles. The molecule has 2 aromatic carbocycles. The van der Waals surface area contributed by atoms with E-state index in [1.165, 1.54) is 23.9 Å². The third-order valence-electron chi connectivity index (χ3n) is 3.47. The monoisotopic (exact) mass is 387 g/mol. The summed E-state index contributed by atoms with van der Waals surface area (Å²) < 4.78 is 18.2. The van der Waals surface area contributed by atoms with Crippen LogP contribution in [0.5, 0.6) is 0 Å². The van der Waals surface area contributed by atoms with Crippen molar-refractivity contribution in [2.24, 2.45) is 0 Å². The van der Waals surface area contributed by atoms with E-state index < -0.39 is 0 Å². The third kappa shape index (κ3) is 3.76. The van der Waals surface area contributed by atoms with Crippen LogP contribution < -0.4 is 0 Å². The maximum Gasteiger partial charge on any atom is 0.257 e. The highest BCUT2D eigenvalue weighted by molar-refractivity contribution is 7.98. The number of nitrogens with one attached hydrogen (secondary N) is 1. The number of benzene rings is 2. The van der Waals surface area contributed by atoms with Crippen molar-refractivity contribution in [3.8, 4) is 22.8 Å². The summed E-state index contributed by atoms with van der Waals surface area (Å²) >= 11 is 7.26. The van der Waals surface area contributed by atoms with E-state index in [1.54, 1.807) is 24.3 Å². The van der Waals surface area contributed by atoms with Crippen molar-refractivity contribution in [1.29, 1.82) is 0 Å². The zero-order chi connectivity index (χ0) is 17.9. The minimum Gasteiger partial charge on any atom is -0.334 e. The maximum absolute atomic E-state index is 13.0. The quantitative estimate of drug-likeness (QED) is 0.504. The Kier molecular flexibility index (Phi) is 4.68. The van der Waals surface area contributed by atoms with E-state index >= 15 is 0 Å². The first-order valence-electron chi connectivity index (χ1n) is 7.57. The first-order valence-corrected chi connectivity index (χ1v) is 8.93. The third-order valence-corrected chi connectivity index (χ3v) is 4.57. The Bertz CT molecular complexity index is 933. The molecule has 6 nitrogen and oxygen atoms in total. The molecule has 2 heterocycles. The van der Waals surface area contributed by atoms with Crippen LogP contribution in [0, 0.1) is 5.82 Å². The molecule has 0 fully saturated rings. The van der Waals surface area contributed by atoms with Gasteiger partial charge in [0.1, 0.15) is 5.82 Å². The van der Waals surface area contributed by atoms with Crippen molar-refractivity contribution in [3.05, 3.63) is 65.2 Å². The SMILES string of the molecule is Fc1ccc(-c2nc(CSc3n[nH]c(-c4ccc(Cl)cc4)n3)no2)cc1. The molecule has 0 unspecified atom stereocenters. The lowest BCUT2D eigenvalue weighted by molar-refractivity contribution is 0.425. The molecule has 0 bridgehead atoms. The van der Waals surface area contributed by atoms with Gasteiger partial charge in [0, 0.05) is 16.1 Å². The van der Waals surface area contributed by atoms with Gasteiger partial charge in [0.05, 0.1) is 5.75 Å². The Labute approximate surface area is 156 Å². The van der Waals surface area contributed by atoms with Crippen LogP contribution in [0.3, 0.4) is 0 Å². The van der Waals surface area contributed by atoms with E-state index in [4.69, 9.17) is 16.1 Å². The van der Waals surface area contributed by atoms with E-state index in [-0.39, 0.29) is 5.82 Å². The van der Waals surface area contributed by atoms with Gasteiger partial charge in [0.15, 0.2) is 11.6 Å². The van der Waals surface area contributed by atoms with Crippen LogP contribution in [-0.4, -0.2) is 25.3 Å². The number of H-pyrrole nitrogens is 1. The van der Waals surface area contributed by atoms with E-state index in [9.17, 15) is 4.39 Å². The van der Waals surface area contributed by atoms with E-state index in [2.05, 4.69) is 25.3 Å². The fourth-order valence-electron chi connectivity index (χ4n) is 2.20. The van der Waals surface area contributed by atoms with Crippen molar-refractivity contribution in [1.82, 2.24) is 25.3 Å². The largest absolute Gasteiger partial charge is 0.334 e. The Balaban J connectivity index is 1.42. The molecular formula is C17H11ClFN5OS. The van der Waals surface area contributed by atoms with Gasteiger partial charge in [0.2, 0.25) is 5.16 Å². The van der Waals surface area contributed by atoms with Gasteiger partial charge in [-0.25, -0.2) is 9.37 Å². The standard InChI is InChI=1S/C17H11ClFN5OS/c18-12-5-1-10(2-6-12)15-21-17(23-22-15)26-9-14-20-16(25-24-14)11-3-7-13(19)8-4-11/h1-8H,9H2,(H,21,22,23). The molecule has 0 atom stereocenters. The van der Waals surface area contributed by atoms with E-state index in [0.717, 1.165) is 5.56 Å². The molecule has 4 aromatic rings. The van der Waals surface area contributed by atoms with Crippen molar-refractivity contribution >= 4 is 23.4 Å². The Morgan fingerprint density at radius 3 is 2.50 bits per heavy atom. The second-order valence-corrected chi connectivity index (χ2v) is 6.66. The lowest BCUT2D eigenvalue weighted by atomic mass is 10.2. The predicted octanol–water partition coefficient (Wildman–Crippen LogP) is 4.61. The summed E-state index contributed by atoms with van der Waals surface area (Å²) in [5.74, 6) is 1.64. The summed E-state index contributed by atoms with van der Waals surface area (Å²) in [6, 6.07) is 13.2. The lowest BCUT2D eigenvalue weighted by Crippen LogP contribution is -1.85. The van der Waals surface area contributed by atoms with Gasteiger partial charge in [-0.05, 0) is 48.5 Å². The number of halogens is 2. The fourth-order valence-corrected chi connectivity index (χ4v) is 2.97. The maximum atomic E-state index is 13.0. The summed E-state index contributed by atoms with van der Waals surface area (Å²) in [6.45, 7) is 0. The van der Waals surface area contributed by atoms with Gasteiger partial charge in [-0.15, -0.1) is 5.10 Å². The van der Waals surface area contributed by atoms with Crippen LogP contribution in [-0.2, 0) is 5.75 Å². The second kappa shape index (κ2) is 7.27. The number of rotatable bonds is 5. The summed E-state index contributed by atoms with van der Waals surface area (Å²) in [4.78, 5) is 8.72. The summed E-state index contributed by atoms with van der Waals surface area (Å²) in [5.41, 5.74) is 1.56. The number of thioether (sulfide) groups is 1. The van der Waals surface area contributed by atoms with Crippen LogP contribution in [0.15, 0.2) is 58.2 Å². The molecule has 0 saturated heterocycles. The highest BCUT2D eigenvalue weighted by Crippen LogP contribution is 2.24. The highest BCUT2D eigenvalue weighted by atomic mass is 35.5. The zero-order valence-electron chi connectivity index (χ0n) is 13.2. The molecule has 0 aliphatic rings. The molecule has 1 N–H and O–H groups in total. The first-order chi connectivity index (χ1) is 12.7. The van der Waals surface area contributed by atoms with E-state index in [0.29, 0.717) is 39.0 Å². The van der Waals surface area contributed by atoms with Crippen LogP contribution in [0.25, 0.3) is 22.8 Å². The normalized spacial score (nSPS) is 11.0. The predicted molar refractivity (Wildman–Crippen MR) is 96.1 cm³/mol. The molecule has 9 heteroatoms. The molecule has 2 aromatic heterocycles. The summed E-state index contributed by atoms with van der Waals surface area (Å²) in [5, 5.41) is 12.2. The molecule has 26 heavy (non-hydrogen) atoms. The van der Waals surface area contributed by atoms with Gasteiger partial charge < -0.3 is 4.52 Å². The van der Waals surface area contributed by atoms with Crippen LogP contribution in [0.1, 0.15) is 5.82 Å². The van der Waals surface area contributed by atoms with Gasteiger partial charge in [-0.3, -0.25) is 5.10 Å². The minimum atomic E-state index is -0.315. The minimum absolute atomic E-state index is 0.315. The Morgan fingerprint density at radius 2 is 1.73 bits per heavy atom. The second-order valence-electron chi connectivity index (χ2n) is 5.28. The van der Waals surface area contributed by atoms with Gasteiger partial charge in [-0.2, -0.15) is 4.98 Å². The molecular weight excluding hydrogens is 377 g/mol. The van der Waals surface area contributed by atoms with Crippen LogP contribution in [0.2, 0.25) is 5.02 Å². The van der Waals surface area contributed by atoms with Crippen LogP contribution >= 0.6 is 23.4 Å². The van der Waals surface area contributed by atoms with Crippen molar-refractivity contribution < 1.29 is 8.91 Å². The number of nitrogens with zero attached hydrogens (tertiary/aromatic N) is 4. The van der Waals surface area contributed by atoms with Crippen molar-refractivity contribution in [2.75, 3.05) is 0 Å². The van der Waals surface area contributed by atoms with Crippen molar-refractivity contribution in [3.63, 3.8) is 0 Å². The van der Waals surface area contributed by atoms with Crippen molar-refractivity contribution in [2.45, 2.75) is 10.9 Å².